The number of fused-ring (bicyclic) bond motifs is 1. The molecule has 158 valence electrons. The summed E-state index contributed by atoms with van der Waals surface area (Å²) in [5.74, 6) is 1.62. The summed E-state index contributed by atoms with van der Waals surface area (Å²) in [6, 6.07) is 13.4. The lowest BCUT2D eigenvalue weighted by molar-refractivity contribution is -0.114. The first-order valence-corrected chi connectivity index (χ1v) is 11.6. The molecule has 6 nitrogen and oxygen atoms in total. The maximum absolute atomic E-state index is 12.6. The molecule has 7 heteroatoms. The van der Waals surface area contributed by atoms with Crippen LogP contribution in [-0.4, -0.2) is 27.0 Å². The van der Waals surface area contributed by atoms with Crippen LogP contribution in [0.25, 0.3) is 17.4 Å². The van der Waals surface area contributed by atoms with Gasteiger partial charge in [-0.05, 0) is 48.7 Å². The van der Waals surface area contributed by atoms with Crippen molar-refractivity contribution < 1.29 is 9.21 Å². The molecular weight excluding hydrogens is 408 g/mol. The molecule has 1 saturated carbocycles. The van der Waals surface area contributed by atoms with Crippen LogP contribution >= 0.6 is 11.8 Å². The summed E-state index contributed by atoms with van der Waals surface area (Å²) in [5.41, 5.74) is 1.15. The van der Waals surface area contributed by atoms with Gasteiger partial charge in [-0.15, -0.1) is 0 Å². The van der Waals surface area contributed by atoms with Crippen LogP contribution in [-0.2, 0) is 4.79 Å². The molecule has 0 atom stereocenters. The van der Waals surface area contributed by atoms with Crippen LogP contribution in [0.15, 0.2) is 62.5 Å². The highest BCUT2D eigenvalue weighted by molar-refractivity contribution is 8.26. The number of aliphatic imine (C=N–C) groups is 1. The molecule has 5 rings (SSSR count). The maximum Gasteiger partial charge on any atom is 0.283 e. The molecule has 3 heterocycles. The summed E-state index contributed by atoms with van der Waals surface area (Å²) in [6.45, 7) is 0. The van der Waals surface area contributed by atoms with Gasteiger partial charge in [-0.1, -0.05) is 62.4 Å². The van der Waals surface area contributed by atoms with E-state index >= 15 is 0 Å². The van der Waals surface area contributed by atoms with Gasteiger partial charge in [0.1, 0.15) is 16.6 Å². The second kappa shape index (κ2) is 8.67. The summed E-state index contributed by atoms with van der Waals surface area (Å²) in [5, 5.41) is 16.0. The minimum absolute atomic E-state index is 0.0489. The number of amidine groups is 2. The normalized spacial score (nSPS) is 20.8. The number of hydrogen-bond acceptors (Lipinski definition) is 5. The number of thioether (sulfide) groups is 1. The Morgan fingerprint density at radius 3 is 2.74 bits per heavy atom. The smallest absolute Gasteiger partial charge is 0.283 e. The van der Waals surface area contributed by atoms with Crippen molar-refractivity contribution in [2.45, 2.75) is 44.9 Å². The van der Waals surface area contributed by atoms with Crippen molar-refractivity contribution in [2.75, 3.05) is 0 Å². The lowest BCUT2D eigenvalue weighted by Gasteiger charge is -2.20. The van der Waals surface area contributed by atoms with Gasteiger partial charge in [0.25, 0.3) is 5.91 Å². The third-order valence-corrected chi connectivity index (χ3v) is 6.93. The summed E-state index contributed by atoms with van der Waals surface area (Å²) in [4.78, 5) is 16.8. The van der Waals surface area contributed by atoms with E-state index in [4.69, 9.17) is 9.83 Å². The molecule has 1 aliphatic carbocycles. The molecule has 1 fully saturated rings. The molecule has 31 heavy (non-hydrogen) atoms. The van der Waals surface area contributed by atoms with E-state index in [0.29, 0.717) is 16.7 Å². The van der Waals surface area contributed by atoms with Crippen LogP contribution in [0, 0.1) is 11.3 Å². The van der Waals surface area contributed by atoms with Gasteiger partial charge in [0.15, 0.2) is 5.84 Å². The molecule has 2 aromatic rings. The molecule has 1 amide bonds. The molecule has 3 aliphatic rings. The molecule has 0 unspecified atom stereocenters. The highest BCUT2D eigenvalue weighted by Gasteiger charge is 2.35. The van der Waals surface area contributed by atoms with E-state index < -0.39 is 5.91 Å². The standard InChI is InChI=1S/C24H24N4O2S/c25-22-19(15-18-12-13-20(30-18)17-9-5-2-6-10-17)23(29)26-24-28(22)27-21(31-24)14-11-16-7-3-1-4-8-16/h2,5-6,9-10,12-13,15-16,25H,1,3-4,7-8,11,14H2. The minimum atomic E-state index is -0.426. The average Bonchev–Trinajstić information content (AvgIpc) is 3.44. The van der Waals surface area contributed by atoms with Gasteiger partial charge in [0.2, 0.25) is 5.17 Å². The number of carbonyl (C=O) groups excluding carboxylic acids is 1. The molecule has 0 spiro atoms. The number of hydrazone groups is 1. The predicted molar refractivity (Wildman–Crippen MR) is 125 cm³/mol. The highest BCUT2D eigenvalue weighted by atomic mass is 32.2. The van der Waals surface area contributed by atoms with Gasteiger partial charge in [0.05, 0.1) is 5.57 Å². The third kappa shape index (κ3) is 4.28. The fourth-order valence-electron chi connectivity index (χ4n) is 4.27. The third-order valence-electron chi connectivity index (χ3n) is 5.96. The van der Waals surface area contributed by atoms with E-state index in [1.165, 1.54) is 48.9 Å². The van der Waals surface area contributed by atoms with Crippen molar-refractivity contribution in [1.82, 2.24) is 5.01 Å². The Hall–Kier alpha value is -2.93. The number of benzene rings is 1. The van der Waals surface area contributed by atoms with Gasteiger partial charge in [-0.3, -0.25) is 10.2 Å². The molecule has 1 N–H and O–H groups in total. The van der Waals surface area contributed by atoms with Crippen LogP contribution in [0.4, 0.5) is 0 Å². The molecule has 0 saturated heterocycles. The van der Waals surface area contributed by atoms with E-state index in [0.717, 1.165) is 29.4 Å². The SMILES string of the molecule is N=C1C(=Cc2ccc(-c3ccccc3)o2)C(=O)N=C2SC(CCC3CCCCC3)=NN12. The largest absolute Gasteiger partial charge is 0.457 e. The zero-order valence-corrected chi connectivity index (χ0v) is 18.0. The Labute approximate surface area is 185 Å². The number of nitrogens with zero attached hydrogens (tertiary/aromatic N) is 3. The number of rotatable bonds is 5. The number of amides is 1. The first-order chi connectivity index (χ1) is 15.2. The Morgan fingerprint density at radius 1 is 1.13 bits per heavy atom. The number of hydrogen-bond donors (Lipinski definition) is 1. The quantitative estimate of drug-likeness (QED) is 0.594. The van der Waals surface area contributed by atoms with E-state index in [1.807, 2.05) is 36.4 Å². The lowest BCUT2D eigenvalue weighted by Crippen LogP contribution is -2.35. The number of furan rings is 1. The van der Waals surface area contributed by atoms with Crippen LogP contribution < -0.4 is 0 Å². The number of nitrogens with one attached hydrogen (secondary N) is 1. The summed E-state index contributed by atoms with van der Waals surface area (Å²) in [7, 11) is 0. The van der Waals surface area contributed by atoms with E-state index in [1.54, 1.807) is 12.1 Å². The van der Waals surface area contributed by atoms with Gasteiger partial charge >= 0.3 is 0 Å². The second-order valence-electron chi connectivity index (χ2n) is 8.12. The van der Waals surface area contributed by atoms with Crippen molar-refractivity contribution in [3.63, 3.8) is 0 Å². The number of carbonyl (C=O) groups is 1. The lowest BCUT2D eigenvalue weighted by atomic mass is 9.86. The molecule has 1 aromatic heterocycles. The van der Waals surface area contributed by atoms with E-state index in [-0.39, 0.29) is 11.4 Å². The predicted octanol–water partition coefficient (Wildman–Crippen LogP) is 5.93. The monoisotopic (exact) mass is 432 g/mol. The van der Waals surface area contributed by atoms with Crippen molar-refractivity contribution in [3.8, 4) is 11.3 Å². The first kappa shape index (κ1) is 20.0. The Morgan fingerprint density at radius 2 is 1.94 bits per heavy atom. The maximum atomic E-state index is 12.6. The Bertz CT molecular complexity index is 1090. The van der Waals surface area contributed by atoms with Gasteiger partial charge < -0.3 is 4.42 Å². The summed E-state index contributed by atoms with van der Waals surface area (Å²) in [6.07, 6.45) is 10.2. The fraction of sp³-hybridized carbons (Fsp3) is 0.333. The van der Waals surface area contributed by atoms with Gasteiger partial charge in [-0.25, -0.2) is 0 Å². The van der Waals surface area contributed by atoms with E-state index in [9.17, 15) is 4.79 Å². The molecule has 1 aromatic carbocycles. The highest BCUT2D eigenvalue weighted by Crippen LogP contribution is 2.33. The van der Waals surface area contributed by atoms with Gasteiger partial charge in [0, 0.05) is 5.56 Å². The van der Waals surface area contributed by atoms with Crippen LogP contribution in [0.1, 0.15) is 50.7 Å². The second-order valence-corrected chi connectivity index (χ2v) is 9.17. The Balaban J connectivity index is 1.31. The molecular formula is C24H24N4O2S. The summed E-state index contributed by atoms with van der Waals surface area (Å²) < 4.78 is 5.87. The molecule has 2 aliphatic heterocycles. The average molecular weight is 433 g/mol. The van der Waals surface area contributed by atoms with Crippen molar-refractivity contribution in [2.24, 2.45) is 16.0 Å². The Kier molecular flexibility index (Phi) is 5.59. The zero-order chi connectivity index (χ0) is 21.2. The summed E-state index contributed by atoms with van der Waals surface area (Å²) >= 11 is 1.41. The van der Waals surface area contributed by atoms with Crippen LogP contribution in [0.5, 0.6) is 0 Å². The zero-order valence-electron chi connectivity index (χ0n) is 17.2. The van der Waals surface area contributed by atoms with Crippen molar-refractivity contribution >= 4 is 39.8 Å². The van der Waals surface area contributed by atoms with Crippen LogP contribution in [0.2, 0.25) is 0 Å². The topological polar surface area (TPSA) is 82.0 Å². The van der Waals surface area contributed by atoms with Crippen molar-refractivity contribution in [1.29, 1.82) is 5.41 Å². The first-order valence-electron chi connectivity index (χ1n) is 10.8. The van der Waals surface area contributed by atoms with Crippen molar-refractivity contribution in [3.05, 3.63) is 53.8 Å². The van der Waals surface area contributed by atoms with Crippen LogP contribution in [0.3, 0.4) is 0 Å². The minimum Gasteiger partial charge on any atom is -0.457 e. The van der Waals surface area contributed by atoms with Gasteiger partial charge in [-0.2, -0.15) is 15.1 Å². The fourth-order valence-corrected chi connectivity index (χ4v) is 5.17. The molecule has 0 radical (unpaired) electrons. The van der Waals surface area contributed by atoms with E-state index in [2.05, 4.69) is 10.1 Å². The molecule has 0 bridgehead atoms.